The summed E-state index contributed by atoms with van der Waals surface area (Å²) in [7, 11) is -3.96. The molecule has 1 fully saturated rings. The highest BCUT2D eigenvalue weighted by Crippen LogP contribution is 2.38. The van der Waals surface area contributed by atoms with Crippen LogP contribution in [-0.2, 0) is 24.3 Å². The molecule has 1 rings (SSSR count). The molecule has 0 aromatic heterocycles. The standard InChI is InChI=1S/C15H31ClN2O6S/c1-14(2)13-17(15(3,4)18(14)16)5-6-22-7-8-23-9-10-24-11-12-25(19,20)21/h5-13H2,1-4H3,(H,19,20,21). The smallest absolute Gasteiger partial charge is 0.267 e. The topological polar surface area (TPSA) is 88.5 Å². The molecule has 1 saturated heterocycles. The van der Waals surface area contributed by atoms with Crippen LogP contribution in [0.2, 0.25) is 0 Å². The summed E-state index contributed by atoms with van der Waals surface area (Å²) in [6, 6.07) is 0. The second kappa shape index (κ2) is 9.80. The first-order chi connectivity index (χ1) is 11.5. The molecular formula is C15H31ClN2O6S. The Bertz CT molecular complexity index is 500. The molecule has 0 aliphatic carbocycles. The van der Waals surface area contributed by atoms with E-state index < -0.39 is 15.9 Å². The van der Waals surface area contributed by atoms with Gasteiger partial charge in [0.1, 0.15) is 0 Å². The van der Waals surface area contributed by atoms with Crippen LogP contribution in [0.1, 0.15) is 27.7 Å². The van der Waals surface area contributed by atoms with E-state index in [0.29, 0.717) is 26.4 Å². The molecule has 0 saturated carbocycles. The summed E-state index contributed by atoms with van der Waals surface area (Å²) < 4.78 is 47.3. The van der Waals surface area contributed by atoms with Gasteiger partial charge in [-0.2, -0.15) is 12.8 Å². The Labute approximate surface area is 156 Å². The van der Waals surface area contributed by atoms with Gasteiger partial charge in [0.05, 0.1) is 51.1 Å². The van der Waals surface area contributed by atoms with Gasteiger partial charge < -0.3 is 14.2 Å². The Morgan fingerprint density at radius 1 is 0.960 bits per heavy atom. The maximum atomic E-state index is 10.5. The number of halogens is 1. The van der Waals surface area contributed by atoms with E-state index in [1.54, 1.807) is 0 Å². The van der Waals surface area contributed by atoms with Gasteiger partial charge in [-0.25, -0.2) is 0 Å². The Balaban J connectivity index is 2.01. The lowest BCUT2D eigenvalue weighted by molar-refractivity contribution is 0.00484. The normalized spacial score (nSPS) is 21.0. The van der Waals surface area contributed by atoms with Crippen molar-refractivity contribution >= 4 is 21.9 Å². The van der Waals surface area contributed by atoms with E-state index in [9.17, 15) is 8.42 Å². The second-order valence-corrected chi connectivity index (χ2v) is 9.04. The quantitative estimate of drug-likeness (QED) is 0.296. The van der Waals surface area contributed by atoms with Crippen molar-refractivity contribution < 1.29 is 27.2 Å². The average molecular weight is 403 g/mol. The molecule has 0 bridgehead atoms. The van der Waals surface area contributed by atoms with Crippen molar-refractivity contribution in [1.82, 2.24) is 9.32 Å². The second-order valence-electron chi connectivity index (χ2n) is 7.13. The Kier molecular flexibility index (Phi) is 9.03. The van der Waals surface area contributed by atoms with Crippen LogP contribution in [0.4, 0.5) is 0 Å². The van der Waals surface area contributed by atoms with Crippen LogP contribution in [0.5, 0.6) is 0 Å². The Hall–Kier alpha value is -0.0000000000000000555. The van der Waals surface area contributed by atoms with Gasteiger partial charge in [-0.15, -0.1) is 0 Å². The SMILES string of the molecule is CC1(C)CN(CCOCCOCCOCCS(=O)(=O)O)C(C)(C)N1Cl. The molecule has 0 atom stereocenters. The van der Waals surface area contributed by atoms with Crippen molar-refractivity contribution in [2.75, 3.05) is 58.5 Å². The van der Waals surface area contributed by atoms with E-state index in [1.807, 2.05) is 4.42 Å². The Morgan fingerprint density at radius 2 is 1.44 bits per heavy atom. The first-order valence-corrected chi connectivity index (χ1v) is 10.3. The van der Waals surface area contributed by atoms with Gasteiger partial charge in [-0.05, 0) is 39.5 Å². The largest absolute Gasteiger partial charge is 0.378 e. The summed E-state index contributed by atoms with van der Waals surface area (Å²) in [4.78, 5) is 2.30. The lowest BCUT2D eigenvalue weighted by Crippen LogP contribution is -2.47. The highest BCUT2D eigenvalue weighted by molar-refractivity contribution is 7.85. The third kappa shape index (κ3) is 8.04. The average Bonchev–Trinajstić information content (AvgIpc) is 2.63. The van der Waals surface area contributed by atoms with Crippen molar-refractivity contribution in [1.29, 1.82) is 0 Å². The molecule has 0 spiro atoms. The minimum Gasteiger partial charge on any atom is -0.378 e. The van der Waals surface area contributed by atoms with Crippen LogP contribution in [0.25, 0.3) is 0 Å². The monoisotopic (exact) mass is 402 g/mol. The van der Waals surface area contributed by atoms with Crippen LogP contribution >= 0.6 is 11.8 Å². The maximum absolute atomic E-state index is 10.5. The summed E-state index contributed by atoms with van der Waals surface area (Å²) in [6.45, 7) is 12.2. The highest BCUT2D eigenvalue weighted by Gasteiger charge is 2.49. The van der Waals surface area contributed by atoms with E-state index >= 15 is 0 Å². The molecule has 0 aromatic carbocycles. The fraction of sp³-hybridized carbons (Fsp3) is 1.00. The minimum atomic E-state index is -3.96. The van der Waals surface area contributed by atoms with Crippen LogP contribution in [0.15, 0.2) is 0 Å². The number of hydrogen-bond acceptors (Lipinski definition) is 7. The first-order valence-electron chi connectivity index (χ1n) is 8.36. The zero-order valence-electron chi connectivity index (χ0n) is 15.5. The minimum absolute atomic E-state index is 0.0434. The van der Waals surface area contributed by atoms with Gasteiger partial charge >= 0.3 is 0 Å². The van der Waals surface area contributed by atoms with Crippen molar-refractivity contribution in [3.63, 3.8) is 0 Å². The van der Waals surface area contributed by atoms with Crippen LogP contribution in [-0.4, -0.2) is 92.0 Å². The number of ether oxygens (including phenoxy) is 3. The molecule has 0 unspecified atom stereocenters. The number of nitrogens with zero attached hydrogens (tertiary/aromatic N) is 2. The summed E-state index contributed by atoms with van der Waals surface area (Å²) in [5.74, 6) is -0.403. The third-order valence-electron chi connectivity index (χ3n) is 4.10. The molecule has 1 aliphatic rings. The molecule has 8 nitrogen and oxygen atoms in total. The summed E-state index contributed by atoms with van der Waals surface area (Å²) >= 11 is 6.42. The highest BCUT2D eigenvalue weighted by atomic mass is 35.5. The van der Waals surface area contributed by atoms with Gasteiger partial charge in [-0.3, -0.25) is 9.45 Å². The van der Waals surface area contributed by atoms with E-state index in [1.165, 1.54) is 0 Å². The predicted octanol–water partition coefficient (Wildman–Crippen LogP) is 1.21. The van der Waals surface area contributed by atoms with Gasteiger partial charge in [0, 0.05) is 18.6 Å². The molecule has 0 radical (unpaired) electrons. The molecule has 25 heavy (non-hydrogen) atoms. The van der Waals surface area contributed by atoms with E-state index in [4.69, 9.17) is 30.5 Å². The number of rotatable bonds is 12. The van der Waals surface area contributed by atoms with Crippen molar-refractivity contribution in [3.05, 3.63) is 0 Å². The predicted molar refractivity (Wildman–Crippen MR) is 96.3 cm³/mol. The zero-order valence-corrected chi connectivity index (χ0v) is 17.1. The Morgan fingerprint density at radius 3 is 1.88 bits per heavy atom. The van der Waals surface area contributed by atoms with E-state index in [0.717, 1.165) is 13.1 Å². The zero-order chi connectivity index (χ0) is 19.1. The number of hydrogen-bond donors (Lipinski definition) is 1. The fourth-order valence-electron chi connectivity index (χ4n) is 2.82. The van der Waals surface area contributed by atoms with Crippen LogP contribution in [0, 0.1) is 0 Å². The van der Waals surface area contributed by atoms with Crippen molar-refractivity contribution in [3.8, 4) is 0 Å². The fourth-order valence-corrected chi connectivity index (χ4v) is 3.31. The summed E-state index contributed by atoms with van der Waals surface area (Å²) in [6.07, 6.45) is 0. The van der Waals surface area contributed by atoms with Crippen molar-refractivity contribution in [2.45, 2.75) is 38.9 Å². The molecule has 0 amide bonds. The van der Waals surface area contributed by atoms with Gasteiger partial charge in [-0.1, -0.05) is 0 Å². The maximum Gasteiger partial charge on any atom is 0.267 e. The van der Waals surface area contributed by atoms with Crippen molar-refractivity contribution in [2.24, 2.45) is 0 Å². The van der Waals surface area contributed by atoms with Gasteiger partial charge in [0.15, 0.2) is 0 Å². The molecule has 0 aromatic rings. The van der Waals surface area contributed by atoms with E-state index in [2.05, 4.69) is 32.6 Å². The summed E-state index contributed by atoms with van der Waals surface area (Å²) in [5, 5.41) is 0. The molecule has 1 heterocycles. The third-order valence-corrected chi connectivity index (χ3v) is 5.65. The first kappa shape index (κ1) is 23.0. The van der Waals surface area contributed by atoms with Gasteiger partial charge in [0.25, 0.3) is 10.1 Å². The summed E-state index contributed by atoms with van der Waals surface area (Å²) in [5.41, 5.74) is -0.298. The van der Waals surface area contributed by atoms with E-state index in [-0.39, 0.29) is 24.4 Å². The molecule has 1 N–H and O–H groups in total. The molecule has 10 heteroatoms. The van der Waals surface area contributed by atoms with Crippen LogP contribution in [0.3, 0.4) is 0 Å². The molecular weight excluding hydrogens is 372 g/mol. The molecule has 150 valence electrons. The van der Waals surface area contributed by atoms with Crippen LogP contribution < -0.4 is 0 Å². The van der Waals surface area contributed by atoms with Gasteiger partial charge in [0.2, 0.25) is 0 Å². The lowest BCUT2D eigenvalue weighted by Gasteiger charge is -2.36. The molecule has 1 aliphatic heterocycles. The lowest BCUT2D eigenvalue weighted by atomic mass is 10.1.